The van der Waals surface area contributed by atoms with Gasteiger partial charge in [0.25, 0.3) is 0 Å². The molecule has 0 bridgehead atoms. The van der Waals surface area contributed by atoms with Gasteiger partial charge in [0, 0.05) is 23.0 Å². The van der Waals surface area contributed by atoms with Crippen LogP contribution in [0.5, 0.6) is 0 Å². The Kier molecular flexibility index (Phi) is 4.17. The number of fused-ring (bicyclic) bond motifs is 1. The van der Waals surface area contributed by atoms with Gasteiger partial charge in [0.2, 0.25) is 0 Å². The first-order valence-electron chi connectivity index (χ1n) is 6.93. The molecule has 2 aromatic rings. The summed E-state index contributed by atoms with van der Waals surface area (Å²) < 4.78 is 14.5. The molecule has 0 unspecified atom stereocenters. The van der Waals surface area contributed by atoms with Crippen LogP contribution >= 0.6 is 15.9 Å². The first kappa shape index (κ1) is 14.4. The summed E-state index contributed by atoms with van der Waals surface area (Å²) in [5.74, 6) is -0.397. The van der Waals surface area contributed by atoms with Gasteiger partial charge in [-0.05, 0) is 53.9 Å². The van der Waals surface area contributed by atoms with E-state index in [2.05, 4.69) is 21.2 Å². The number of carbonyl (C=O) groups excluding carboxylic acids is 1. The summed E-state index contributed by atoms with van der Waals surface area (Å²) in [6, 6.07) is 10.5. The van der Waals surface area contributed by atoms with E-state index in [-0.39, 0.29) is 18.0 Å². The highest BCUT2D eigenvalue weighted by Gasteiger charge is 2.14. The highest BCUT2D eigenvalue weighted by molar-refractivity contribution is 9.10. The Morgan fingerprint density at radius 3 is 2.90 bits per heavy atom. The summed E-state index contributed by atoms with van der Waals surface area (Å²) in [6.07, 6.45) is 1.07. The van der Waals surface area contributed by atoms with Gasteiger partial charge in [0.15, 0.2) is 5.78 Å². The van der Waals surface area contributed by atoms with Crippen LogP contribution in [-0.4, -0.2) is 12.3 Å². The second-order valence-electron chi connectivity index (χ2n) is 5.25. The van der Waals surface area contributed by atoms with Gasteiger partial charge in [-0.1, -0.05) is 28.1 Å². The van der Waals surface area contributed by atoms with Crippen LogP contribution in [0.25, 0.3) is 0 Å². The molecular weight excluding hydrogens is 333 g/mol. The minimum atomic E-state index is -0.342. The van der Waals surface area contributed by atoms with Crippen LogP contribution in [0.2, 0.25) is 0 Å². The second kappa shape index (κ2) is 6.08. The summed E-state index contributed by atoms with van der Waals surface area (Å²) in [7, 11) is 0. The standard InChI is InChI=1S/C17H15BrFNO/c18-15-3-4-16(19)13(8-15)9-17(21)12-2-1-11-5-6-20-10-14(11)7-12/h1-4,7-8,20H,5-6,9-10H2. The van der Waals surface area contributed by atoms with Gasteiger partial charge in [-0.3, -0.25) is 4.79 Å². The van der Waals surface area contributed by atoms with Gasteiger partial charge in [0.1, 0.15) is 5.82 Å². The van der Waals surface area contributed by atoms with Gasteiger partial charge >= 0.3 is 0 Å². The maximum atomic E-state index is 13.7. The molecule has 0 aliphatic carbocycles. The SMILES string of the molecule is O=C(Cc1cc(Br)ccc1F)c1ccc2c(c1)CNCC2. The fourth-order valence-electron chi connectivity index (χ4n) is 2.61. The molecule has 108 valence electrons. The Balaban J connectivity index is 1.83. The lowest BCUT2D eigenvalue weighted by Crippen LogP contribution is -2.24. The molecule has 2 nitrogen and oxygen atoms in total. The van der Waals surface area contributed by atoms with E-state index in [0.717, 1.165) is 24.0 Å². The van der Waals surface area contributed by atoms with Gasteiger partial charge in [-0.2, -0.15) is 0 Å². The monoisotopic (exact) mass is 347 g/mol. The molecule has 0 atom stereocenters. The Labute approximate surface area is 131 Å². The fraction of sp³-hybridized carbons (Fsp3) is 0.235. The highest BCUT2D eigenvalue weighted by Crippen LogP contribution is 2.20. The van der Waals surface area contributed by atoms with Crippen LogP contribution in [0.15, 0.2) is 40.9 Å². The average molecular weight is 348 g/mol. The largest absolute Gasteiger partial charge is 0.312 e. The topological polar surface area (TPSA) is 29.1 Å². The zero-order valence-electron chi connectivity index (χ0n) is 11.5. The number of hydrogen-bond acceptors (Lipinski definition) is 2. The van der Waals surface area contributed by atoms with E-state index >= 15 is 0 Å². The third-order valence-corrected chi connectivity index (χ3v) is 4.27. The number of hydrogen-bond donors (Lipinski definition) is 1. The van der Waals surface area contributed by atoms with E-state index in [1.54, 1.807) is 12.1 Å². The Morgan fingerprint density at radius 2 is 2.05 bits per heavy atom. The van der Waals surface area contributed by atoms with E-state index in [1.165, 1.54) is 17.2 Å². The summed E-state index contributed by atoms with van der Waals surface area (Å²) in [6.45, 7) is 1.77. The molecule has 4 heteroatoms. The average Bonchev–Trinajstić information content (AvgIpc) is 2.50. The van der Waals surface area contributed by atoms with E-state index < -0.39 is 0 Å². The normalized spacial score (nSPS) is 13.8. The molecule has 1 heterocycles. The van der Waals surface area contributed by atoms with Crippen molar-refractivity contribution < 1.29 is 9.18 Å². The van der Waals surface area contributed by atoms with Gasteiger partial charge in [-0.15, -0.1) is 0 Å². The van der Waals surface area contributed by atoms with Crippen LogP contribution in [0.4, 0.5) is 4.39 Å². The maximum absolute atomic E-state index is 13.7. The second-order valence-corrected chi connectivity index (χ2v) is 6.16. The van der Waals surface area contributed by atoms with Gasteiger partial charge in [-0.25, -0.2) is 4.39 Å². The van der Waals surface area contributed by atoms with Crippen molar-refractivity contribution in [3.63, 3.8) is 0 Å². The lowest BCUT2D eigenvalue weighted by atomic mass is 9.95. The lowest BCUT2D eigenvalue weighted by molar-refractivity contribution is 0.0991. The zero-order chi connectivity index (χ0) is 14.8. The molecule has 2 aromatic carbocycles. The van der Waals surface area contributed by atoms with Gasteiger partial charge in [0.05, 0.1) is 0 Å². The Hall–Kier alpha value is -1.52. The van der Waals surface area contributed by atoms with Crippen LogP contribution < -0.4 is 5.32 Å². The molecule has 0 radical (unpaired) electrons. The molecular formula is C17H15BrFNO. The number of carbonyl (C=O) groups is 1. The van der Waals surface area contributed by atoms with Crippen molar-refractivity contribution in [1.82, 2.24) is 5.32 Å². The fourth-order valence-corrected chi connectivity index (χ4v) is 3.02. The number of nitrogens with one attached hydrogen (secondary N) is 1. The molecule has 0 spiro atoms. The van der Waals surface area contributed by atoms with Crippen LogP contribution in [0, 0.1) is 5.82 Å². The lowest BCUT2D eigenvalue weighted by Gasteiger charge is -2.17. The smallest absolute Gasteiger partial charge is 0.167 e. The molecule has 1 N–H and O–H groups in total. The van der Waals surface area contributed by atoms with Crippen molar-refractivity contribution in [2.75, 3.05) is 6.54 Å². The predicted octanol–water partition coefficient (Wildman–Crippen LogP) is 3.66. The molecule has 3 rings (SSSR count). The minimum absolute atomic E-state index is 0.0552. The van der Waals surface area contributed by atoms with Crippen LogP contribution in [0.3, 0.4) is 0 Å². The Morgan fingerprint density at radius 1 is 1.19 bits per heavy atom. The number of ketones is 1. The third kappa shape index (κ3) is 3.22. The van der Waals surface area contributed by atoms with Crippen LogP contribution in [-0.2, 0) is 19.4 Å². The Bertz CT molecular complexity index is 699. The van der Waals surface area contributed by atoms with E-state index in [1.807, 2.05) is 18.2 Å². The summed E-state index contributed by atoms with van der Waals surface area (Å²) in [5, 5.41) is 3.30. The van der Waals surface area contributed by atoms with E-state index in [9.17, 15) is 9.18 Å². The van der Waals surface area contributed by atoms with Crippen LogP contribution in [0.1, 0.15) is 27.0 Å². The predicted molar refractivity (Wildman–Crippen MR) is 84.0 cm³/mol. The van der Waals surface area contributed by atoms with Gasteiger partial charge < -0.3 is 5.32 Å². The van der Waals surface area contributed by atoms with Crippen molar-refractivity contribution in [2.24, 2.45) is 0 Å². The first-order chi connectivity index (χ1) is 10.1. The van der Waals surface area contributed by atoms with Crippen molar-refractivity contribution in [3.05, 3.63) is 68.9 Å². The molecule has 0 fully saturated rings. The van der Waals surface area contributed by atoms with Crippen molar-refractivity contribution in [1.29, 1.82) is 0 Å². The number of Topliss-reactive ketones (excluding diaryl/α,β-unsaturated/α-hetero) is 1. The van der Waals surface area contributed by atoms with E-state index in [4.69, 9.17) is 0 Å². The van der Waals surface area contributed by atoms with Crippen molar-refractivity contribution >= 4 is 21.7 Å². The third-order valence-electron chi connectivity index (χ3n) is 3.77. The molecule has 21 heavy (non-hydrogen) atoms. The molecule has 1 aliphatic heterocycles. The quantitative estimate of drug-likeness (QED) is 0.858. The molecule has 0 amide bonds. The summed E-state index contributed by atoms with van der Waals surface area (Å²) >= 11 is 3.31. The number of benzene rings is 2. The number of halogens is 2. The van der Waals surface area contributed by atoms with Crippen molar-refractivity contribution in [3.8, 4) is 0 Å². The van der Waals surface area contributed by atoms with E-state index in [0.29, 0.717) is 11.1 Å². The minimum Gasteiger partial charge on any atom is -0.312 e. The summed E-state index contributed by atoms with van der Waals surface area (Å²) in [4.78, 5) is 12.4. The molecule has 1 aliphatic rings. The zero-order valence-corrected chi connectivity index (χ0v) is 13.0. The molecule has 0 saturated carbocycles. The summed E-state index contributed by atoms with van der Waals surface area (Å²) in [5.41, 5.74) is 3.53. The highest BCUT2D eigenvalue weighted by atomic mass is 79.9. The first-order valence-corrected chi connectivity index (χ1v) is 7.72. The molecule has 0 saturated heterocycles. The molecule has 0 aromatic heterocycles. The number of rotatable bonds is 3. The maximum Gasteiger partial charge on any atom is 0.167 e. The van der Waals surface area contributed by atoms with Crippen molar-refractivity contribution in [2.45, 2.75) is 19.4 Å².